The molecule has 1 saturated heterocycles. The molecule has 2 unspecified atom stereocenters. The van der Waals surface area contributed by atoms with Gasteiger partial charge in [-0.05, 0) is 80.1 Å². The molecule has 2 bridgehead atoms. The van der Waals surface area contributed by atoms with Crippen LogP contribution in [0.3, 0.4) is 0 Å². The fourth-order valence-electron chi connectivity index (χ4n) is 5.28. The Bertz CT molecular complexity index is 1180. The Morgan fingerprint density at radius 2 is 1.90 bits per heavy atom. The molecule has 0 radical (unpaired) electrons. The third-order valence-corrected chi connectivity index (χ3v) is 7.15. The Balaban J connectivity index is 1.57. The number of fused-ring (bicyclic) bond motifs is 3. The van der Waals surface area contributed by atoms with E-state index >= 15 is 0 Å². The molecule has 160 valence electrons. The number of nitrogens with zero attached hydrogens (tertiary/aromatic N) is 2. The molecule has 3 aromatic rings. The Kier molecular flexibility index (Phi) is 5.01. The molecule has 2 aromatic carbocycles. The maximum Gasteiger partial charge on any atom is 0.262 e. The molecule has 2 heterocycles. The lowest BCUT2D eigenvalue weighted by atomic mass is 10.1. The van der Waals surface area contributed by atoms with E-state index in [0.29, 0.717) is 34.7 Å². The Labute approximate surface area is 186 Å². The van der Waals surface area contributed by atoms with Crippen LogP contribution < -0.4 is 4.74 Å². The quantitative estimate of drug-likeness (QED) is 0.587. The maximum atomic E-state index is 13.4. The van der Waals surface area contributed by atoms with Crippen molar-refractivity contribution in [2.24, 2.45) is 5.92 Å². The fourth-order valence-corrected chi connectivity index (χ4v) is 5.40. The van der Waals surface area contributed by atoms with Gasteiger partial charge in [0.1, 0.15) is 5.75 Å². The zero-order chi connectivity index (χ0) is 21.7. The van der Waals surface area contributed by atoms with E-state index < -0.39 is 0 Å². The van der Waals surface area contributed by atoms with Crippen LogP contribution in [0.5, 0.6) is 5.75 Å². The molecule has 31 heavy (non-hydrogen) atoms. The number of ether oxygens (including phenoxy) is 1. The Morgan fingerprint density at radius 3 is 2.55 bits per heavy atom. The number of halogens is 1. The van der Waals surface area contributed by atoms with Crippen LogP contribution in [0.2, 0.25) is 5.02 Å². The summed E-state index contributed by atoms with van der Waals surface area (Å²) in [6.07, 6.45) is 3.77. The summed E-state index contributed by atoms with van der Waals surface area (Å²) in [5.41, 5.74) is 3.02. The molecular formula is C25H25ClN2O3. The Hall–Kier alpha value is -2.79. The summed E-state index contributed by atoms with van der Waals surface area (Å²) in [5, 5.41) is 1.47. The van der Waals surface area contributed by atoms with E-state index in [1.54, 1.807) is 35.9 Å². The molecule has 2 fully saturated rings. The summed E-state index contributed by atoms with van der Waals surface area (Å²) in [6.45, 7) is 2.78. The highest BCUT2D eigenvalue weighted by Crippen LogP contribution is 2.38. The highest BCUT2D eigenvalue weighted by molar-refractivity contribution is 6.30. The average molecular weight is 437 g/mol. The van der Waals surface area contributed by atoms with Crippen LogP contribution in [0.15, 0.2) is 42.5 Å². The summed E-state index contributed by atoms with van der Waals surface area (Å²) >= 11 is 6.00. The molecule has 6 heteroatoms. The van der Waals surface area contributed by atoms with Crippen LogP contribution in [0.4, 0.5) is 0 Å². The van der Waals surface area contributed by atoms with Crippen LogP contribution >= 0.6 is 11.6 Å². The number of carbonyl (C=O) groups is 2. The van der Waals surface area contributed by atoms with Crippen molar-refractivity contribution in [3.8, 4) is 5.75 Å². The molecule has 0 spiro atoms. The number of hydrogen-bond acceptors (Lipinski definition) is 3. The molecule has 2 atom stereocenters. The van der Waals surface area contributed by atoms with Gasteiger partial charge in [0.05, 0.1) is 19.0 Å². The van der Waals surface area contributed by atoms with Gasteiger partial charge in [-0.3, -0.25) is 14.2 Å². The first-order valence-electron chi connectivity index (χ1n) is 10.7. The van der Waals surface area contributed by atoms with E-state index in [-0.39, 0.29) is 11.8 Å². The molecule has 5 nitrogen and oxygen atoms in total. The molecular weight excluding hydrogens is 412 g/mol. The second-order valence-electron chi connectivity index (χ2n) is 8.65. The van der Waals surface area contributed by atoms with Gasteiger partial charge in [0.15, 0.2) is 0 Å². The molecule has 1 amide bonds. The van der Waals surface area contributed by atoms with Crippen molar-refractivity contribution in [3.05, 3.63) is 64.3 Å². The van der Waals surface area contributed by atoms with E-state index in [1.807, 2.05) is 25.1 Å². The lowest BCUT2D eigenvalue weighted by molar-refractivity contribution is -0.132. The number of piperidine rings is 1. The van der Waals surface area contributed by atoms with Crippen molar-refractivity contribution in [1.82, 2.24) is 9.47 Å². The van der Waals surface area contributed by atoms with E-state index in [4.69, 9.17) is 16.3 Å². The molecule has 5 rings (SSSR count). The third kappa shape index (κ3) is 3.41. The van der Waals surface area contributed by atoms with Crippen LogP contribution in [-0.4, -0.2) is 41.0 Å². The van der Waals surface area contributed by atoms with Gasteiger partial charge < -0.3 is 9.64 Å². The van der Waals surface area contributed by atoms with Gasteiger partial charge in [-0.15, -0.1) is 0 Å². The lowest BCUT2D eigenvalue weighted by Crippen LogP contribution is -2.38. The molecule has 1 aliphatic heterocycles. The van der Waals surface area contributed by atoms with E-state index in [0.717, 1.165) is 41.5 Å². The smallest absolute Gasteiger partial charge is 0.262 e. The van der Waals surface area contributed by atoms with Gasteiger partial charge in [-0.2, -0.15) is 0 Å². The van der Waals surface area contributed by atoms with Crippen molar-refractivity contribution in [1.29, 1.82) is 0 Å². The highest BCUT2D eigenvalue weighted by Gasteiger charge is 2.40. The van der Waals surface area contributed by atoms with Crippen molar-refractivity contribution < 1.29 is 14.3 Å². The van der Waals surface area contributed by atoms with E-state index in [9.17, 15) is 9.59 Å². The zero-order valence-corrected chi connectivity index (χ0v) is 18.5. The predicted octanol–water partition coefficient (Wildman–Crippen LogP) is 4.85. The highest BCUT2D eigenvalue weighted by atomic mass is 35.5. The standard InChI is InChI=1S/C25H25ClN2O3/c1-15-21(13-24(29)27-14-16-3-8-19(27)11-16)22-12-20(31-2)9-10-23(22)28(15)25(30)17-4-6-18(26)7-5-17/h4-7,9-10,12,16,19H,3,8,11,13-14H2,1-2H3. The molecule has 1 aliphatic carbocycles. The summed E-state index contributed by atoms with van der Waals surface area (Å²) in [5.74, 6) is 1.37. The minimum absolute atomic E-state index is 0.136. The van der Waals surface area contributed by atoms with Crippen LogP contribution in [-0.2, 0) is 11.2 Å². The molecule has 0 N–H and O–H groups in total. The summed E-state index contributed by atoms with van der Waals surface area (Å²) in [4.78, 5) is 28.7. The number of likely N-dealkylation sites (tertiary alicyclic amines) is 1. The average Bonchev–Trinajstić information content (AvgIpc) is 3.48. The van der Waals surface area contributed by atoms with Crippen molar-refractivity contribution >= 4 is 34.3 Å². The van der Waals surface area contributed by atoms with Gasteiger partial charge in [0.25, 0.3) is 5.91 Å². The Morgan fingerprint density at radius 1 is 1.13 bits per heavy atom. The largest absolute Gasteiger partial charge is 0.497 e. The van der Waals surface area contributed by atoms with Crippen molar-refractivity contribution in [2.75, 3.05) is 13.7 Å². The fraction of sp³-hybridized carbons (Fsp3) is 0.360. The first-order valence-corrected chi connectivity index (χ1v) is 11.1. The SMILES string of the molecule is COc1ccc2c(c1)c(CC(=O)N1CC3CCC1C3)c(C)n2C(=O)c1ccc(Cl)cc1. The minimum atomic E-state index is -0.136. The summed E-state index contributed by atoms with van der Waals surface area (Å²) in [6, 6.07) is 12.9. The van der Waals surface area contributed by atoms with Gasteiger partial charge in [0.2, 0.25) is 5.91 Å². The van der Waals surface area contributed by atoms with E-state index in [1.165, 1.54) is 6.42 Å². The molecule has 1 saturated carbocycles. The molecule has 1 aromatic heterocycles. The topological polar surface area (TPSA) is 51.5 Å². The van der Waals surface area contributed by atoms with E-state index in [2.05, 4.69) is 4.90 Å². The number of amides is 1. The van der Waals surface area contributed by atoms with Gasteiger partial charge >= 0.3 is 0 Å². The number of methoxy groups -OCH3 is 1. The number of hydrogen-bond donors (Lipinski definition) is 0. The van der Waals surface area contributed by atoms with Crippen molar-refractivity contribution in [3.63, 3.8) is 0 Å². The van der Waals surface area contributed by atoms with Gasteiger partial charge in [0, 0.05) is 34.3 Å². The number of aromatic nitrogens is 1. The normalized spacial score (nSPS) is 19.9. The lowest BCUT2D eigenvalue weighted by Gasteiger charge is -2.27. The van der Waals surface area contributed by atoms with Crippen LogP contribution in [0.25, 0.3) is 10.9 Å². The molecule has 2 aliphatic rings. The monoisotopic (exact) mass is 436 g/mol. The minimum Gasteiger partial charge on any atom is -0.497 e. The number of carbonyl (C=O) groups excluding carboxylic acids is 2. The summed E-state index contributed by atoms with van der Waals surface area (Å²) < 4.78 is 7.13. The number of rotatable bonds is 4. The zero-order valence-electron chi connectivity index (χ0n) is 17.7. The maximum absolute atomic E-state index is 13.4. The van der Waals surface area contributed by atoms with Crippen LogP contribution in [0.1, 0.15) is 40.9 Å². The third-order valence-electron chi connectivity index (χ3n) is 6.89. The van der Waals surface area contributed by atoms with Gasteiger partial charge in [-0.1, -0.05) is 11.6 Å². The second kappa shape index (κ2) is 7.72. The number of benzene rings is 2. The van der Waals surface area contributed by atoms with Crippen LogP contribution in [0, 0.1) is 12.8 Å². The summed E-state index contributed by atoms with van der Waals surface area (Å²) in [7, 11) is 1.62. The first kappa shape index (κ1) is 20.1. The van der Waals surface area contributed by atoms with Gasteiger partial charge in [-0.25, -0.2) is 0 Å². The first-order chi connectivity index (χ1) is 15.0. The van der Waals surface area contributed by atoms with Crippen molar-refractivity contribution in [2.45, 2.75) is 38.6 Å². The second-order valence-corrected chi connectivity index (χ2v) is 9.09. The predicted molar refractivity (Wildman–Crippen MR) is 121 cm³/mol.